The molecule has 1 aliphatic rings. The van der Waals surface area contributed by atoms with Crippen LogP contribution in [0.15, 0.2) is 24.3 Å². The molecule has 0 bridgehead atoms. The highest BCUT2D eigenvalue weighted by molar-refractivity contribution is 5.97. The van der Waals surface area contributed by atoms with Crippen molar-refractivity contribution in [3.8, 4) is 5.75 Å². The van der Waals surface area contributed by atoms with Gasteiger partial charge in [0.15, 0.2) is 0 Å². The summed E-state index contributed by atoms with van der Waals surface area (Å²) in [5.41, 5.74) is 0.513. The molecule has 2 amide bonds. The monoisotopic (exact) mass is 334 g/mol. The van der Waals surface area contributed by atoms with Crippen LogP contribution in [0.5, 0.6) is 5.75 Å². The van der Waals surface area contributed by atoms with Gasteiger partial charge in [0.25, 0.3) is 5.91 Å². The molecule has 0 spiro atoms. The van der Waals surface area contributed by atoms with E-state index in [0.29, 0.717) is 38.5 Å². The molecule has 1 atom stereocenters. The molecule has 1 fully saturated rings. The van der Waals surface area contributed by atoms with Gasteiger partial charge in [-0.05, 0) is 37.1 Å². The van der Waals surface area contributed by atoms with E-state index in [1.165, 1.54) is 0 Å². The van der Waals surface area contributed by atoms with E-state index in [1.807, 2.05) is 20.8 Å². The number of benzene rings is 1. The van der Waals surface area contributed by atoms with Crippen LogP contribution in [0, 0.1) is 5.92 Å². The molecule has 1 aliphatic heterocycles. The topological polar surface area (TPSA) is 67.9 Å². The first kappa shape index (κ1) is 18.3. The number of carbonyl (C=O) groups excluding carboxylic acids is 2. The molecule has 0 saturated carbocycles. The molecular weight excluding hydrogens is 308 g/mol. The lowest BCUT2D eigenvalue weighted by molar-refractivity contribution is -0.138. The summed E-state index contributed by atoms with van der Waals surface area (Å²) >= 11 is 0. The van der Waals surface area contributed by atoms with Crippen molar-refractivity contribution in [2.75, 3.05) is 32.9 Å². The Bertz CT molecular complexity index is 551. The predicted molar refractivity (Wildman–Crippen MR) is 91.1 cm³/mol. The molecule has 0 aliphatic carbocycles. The summed E-state index contributed by atoms with van der Waals surface area (Å²) in [6.07, 6.45) is 0. The van der Waals surface area contributed by atoms with Crippen LogP contribution in [0.3, 0.4) is 0 Å². The van der Waals surface area contributed by atoms with Crippen molar-refractivity contribution in [1.82, 2.24) is 10.2 Å². The van der Waals surface area contributed by atoms with Crippen LogP contribution in [0.1, 0.15) is 31.1 Å². The standard InChI is InChI=1S/C18H26N2O4/c1-4-24-15-7-5-14(6-8-15)17(21)19-16(13(2)3)18(22)20-9-11-23-12-10-20/h5-8,13,16H,4,9-12H2,1-3H3,(H,19,21). The number of carbonyl (C=O) groups is 2. The minimum Gasteiger partial charge on any atom is -0.494 e. The Balaban J connectivity index is 2.03. The highest BCUT2D eigenvalue weighted by Crippen LogP contribution is 2.14. The van der Waals surface area contributed by atoms with Crippen LogP contribution in [0.4, 0.5) is 0 Å². The van der Waals surface area contributed by atoms with E-state index in [1.54, 1.807) is 29.2 Å². The molecule has 1 aromatic rings. The molecule has 6 heteroatoms. The lowest BCUT2D eigenvalue weighted by Crippen LogP contribution is -2.53. The fourth-order valence-electron chi connectivity index (χ4n) is 2.59. The molecule has 0 aromatic heterocycles. The highest BCUT2D eigenvalue weighted by Gasteiger charge is 2.29. The van der Waals surface area contributed by atoms with E-state index in [9.17, 15) is 9.59 Å². The first-order chi connectivity index (χ1) is 11.5. The number of morpholine rings is 1. The van der Waals surface area contributed by atoms with Crippen molar-refractivity contribution in [2.24, 2.45) is 5.92 Å². The summed E-state index contributed by atoms with van der Waals surface area (Å²) < 4.78 is 10.7. The third-order valence-electron chi connectivity index (χ3n) is 3.97. The molecule has 24 heavy (non-hydrogen) atoms. The molecule has 0 radical (unpaired) electrons. The third-order valence-corrected chi connectivity index (χ3v) is 3.97. The third kappa shape index (κ3) is 4.71. The zero-order chi connectivity index (χ0) is 17.5. The largest absolute Gasteiger partial charge is 0.494 e. The normalized spacial score (nSPS) is 15.9. The number of hydrogen-bond donors (Lipinski definition) is 1. The molecular formula is C18H26N2O4. The van der Waals surface area contributed by atoms with Crippen LogP contribution in [-0.2, 0) is 9.53 Å². The van der Waals surface area contributed by atoms with Gasteiger partial charge < -0.3 is 19.7 Å². The number of ether oxygens (including phenoxy) is 2. The van der Waals surface area contributed by atoms with E-state index >= 15 is 0 Å². The molecule has 1 saturated heterocycles. The smallest absolute Gasteiger partial charge is 0.251 e. The van der Waals surface area contributed by atoms with E-state index in [2.05, 4.69) is 5.32 Å². The summed E-state index contributed by atoms with van der Waals surface area (Å²) in [5.74, 6) is 0.428. The van der Waals surface area contributed by atoms with Gasteiger partial charge in [0, 0.05) is 18.7 Å². The second kappa shape index (κ2) is 8.68. The van der Waals surface area contributed by atoms with Gasteiger partial charge >= 0.3 is 0 Å². The Morgan fingerprint density at radius 3 is 2.38 bits per heavy atom. The van der Waals surface area contributed by atoms with Gasteiger partial charge in [0.2, 0.25) is 5.91 Å². The maximum absolute atomic E-state index is 12.7. The Morgan fingerprint density at radius 1 is 1.21 bits per heavy atom. The molecule has 1 heterocycles. The molecule has 132 valence electrons. The summed E-state index contributed by atoms with van der Waals surface area (Å²) in [7, 11) is 0. The fourth-order valence-corrected chi connectivity index (χ4v) is 2.59. The number of hydrogen-bond acceptors (Lipinski definition) is 4. The Kier molecular flexibility index (Phi) is 6.61. The maximum Gasteiger partial charge on any atom is 0.251 e. The van der Waals surface area contributed by atoms with Crippen molar-refractivity contribution in [3.05, 3.63) is 29.8 Å². The van der Waals surface area contributed by atoms with Gasteiger partial charge in [0.1, 0.15) is 11.8 Å². The van der Waals surface area contributed by atoms with Crippen molar-refractivity contribution in [3.63, 3.8) is 0 Å². The van der Waals surface area contributed by atoms with Gasteiger partial charge in [-0.3, -0.25) is 9.59 Å². The van der Waals surface area contributed by atoms with Crippen LogP contribution >= 0.6 is 0 Å². The number of nitrogens with zero attached hydrogens (tertiary/aromatic N) is 1. The summed E-state index contributed by atoms with van der Waals surface area (Å²) in [6, 6.07) is 6.38. The van der Waals surface area contributed by atoms with Crippen molar-refractivity contribution >= 4 is 11.8 Å². The van der Waals surface area contributed by atoms with Crippen molar-refractivity contribution < 1.29 is 19.1 Å². The van der Waals surface area contributed by atoms with E-state index in [-0.39, 0.29) is 17.7 Å². The Hall–Kier alpha value is -2.08. The summed E-state index contributed by atoms with van der Waals surface area (Å²) in [5, 5.41) is 2.87. The zero-order valence-corrected chi connectivity index (χ0v) is 14.6. The minimum atomic E-state index is -0.540. The predicted octanol–water partition coefficient (Wildman–Crippen LogP) is 1.70. The lowest BCUT2D eigenvalue weighted by Gasteiger charge is -2.32. The van der Waals surface area contributed by atoms with Crippen molar-refractivity contribution in [1.29, 1.82) is 0 Å². The van der Waals surface area contributed by atoms with Crippen LogP contribution in [0.25, 0.3) is 0 Å². The number of nitrogens with one attached hydrogen (secondary N) is 1. The molecule has 1 N–H and O–H groups in total. The van der Waals surface area contributed by atoms with E-state index in [0.717, 1.165) is 5.75 Å². The molecule has 1 aromatic carbocycles. The van der Waals surface area contributed by atoms with Gasteiger partial charge in [0.05, 0.1) is 19.8 Å². The second-order valence-electron chi connectivity index (χ2n) is 6.09. The fraction of sp³-hybridized carbons (Fsp3) is 0.556. The maximum atomic E-state index is 12.7. The summed E-state index contributed by atoms with van der Waals surface area (Å²) in [6.45, 7) is 8.58. The van der Waals surface area contributed by atoms with Crippen LogP contribution < -0.4 is 10.1 Å². The van der Waals surface area contributed by atoms with Crippen LogP contribution in [0.2, 0.25) is 0 Å². The molecule has 1 unspecified atom stereocenters. The quantitative estimate of drug-likeness (QED) is 0.860. The van der Waals surface area contributed by atoms with Gasteiger partial charge in [-0.2, -0.15) is 0 Å². The first-order valence-corrected chi connectivity index (χ1v) is 8.43. The molecule has 2 rings (SSSR count). The average molecular weight is 334 g/mol. The highest BCUT2D eigenvalue weighted by atomic mass is 16.5. The number of amides is 2. The Labute approximate surface area is 143 Å². The zero-order valence-electron chi connectivity index (χ0n) is 14.6. The van der Waals surface area contributed by atoms with Gasteiger partial charge in [-0.25, -0.2) is 0 Å². The lowest BCUT2D eigenvalue weighted by atomic mass is 10.0. The van der Waals surface area contributed by atoms with Crippen molar-refractivity contribution in [2.45, 2.75) is 26.8 Å². The van der Waals surface area contributed by atoms with E-state index in [4.69, 9.17) is 9.47 Å². The molecule has 6 nitrogen and oxygen atoms in total. The summed E-state index contributed by atoms with van der Waals surface area (Å²) in [4.78, 5) is 26.9. The van der Waals surface area contributed by atoms with E-state index < -0.39 is 6.04 Å². The average Bonchev–Trinajstić information content (AvgIpc) is 2.60. The first-order valence-electron chi connectivity index (χ1n) is 8.43. The number of rotatable bonds is 6. The second-order valence-corrected chi connectivity index (χ2v) is 6.09. The minimum absolute atomic E-state index is 0.00647. The SMILES string of the molecule is CCOc1ccc(C(=O)NC(C(=O)N2CCOCC2)C(C)C)cc1. The van der Waals surface area contributed by atoms with Crippen LogP contribution in [-0.4, -0.2) is 55.7 Å². The van der Waals surface area contributed by atoms with Gasteiger partial charge in [-0.1, -0.05) is 13.8 Å². The Morgan fingerprint density at radius 2 is 1.83 bits per heavy atom. The van der Waals surface area contributed by atoms with Gasteiger partial charge in [-0.15, -0.1) is 0 Å².